The lowest BCUT2D eigenvalue weighted by molar-refractivity contribution is -0.141. The zero-order valence-electron chi connectivity index (χ0n) is 12.4. The van der Waals surface area contributed by atoms with E-state index < -0.39 is 24.0 Å². The van der Waals surface area contributed by atoms with Crippen LogP contribution >= 0.6 is 11.3 Å². The van der Waals surface area contributed by atoms with E-state index in [9.17, 15) is 14.7 Å². The smallest absolute Gasteiger partial charge is 0.315 e. The summed E-state index contributed by atoms with van der Waals surface area (Å²) in [5.41, 5.74) is -1.47. The van der Waals surface area contributed by atoms with Gasteiger partial charge in [0.1, 0.15) is 0 Å². The van der Waals surface area contributed by atoms with Crippen LogP contribution in [0.1, 0.15) is 38.1 Å². The van der Waals surface area contributed by atoms with Crippen molar-refractivity contribution in [3.05, 3.63) is 22.4 Å². The number of nitrogens with one attached hydrogen (secondary N) is 2. The first-order valence-corrected chi connectivity index (χ1v) is 7.61. The van der Waals surface area contributed by atoms with Gasteiger partial charge in [0.05, 0.1) is 18.1 Å². The summed E-state index contributed by atoms with van der Waals surface area (Å²) in [4.78, 5) is 23.6. The fourth-order valence-corrected chi connectivity index (χ4v) is 2.83. The Hall–Kier alpha value is -1.60. The Morgan fingerprint density at radius 3 is 2.57 bits per heavy atom. The molecule has 4 N–H and O–H groups in total. The molecule has 1 aromatic heterocycles. The third kappa shape index (κ3) is 6.14. The van der Waals surface area contributed by atoms with E-state index in [4.69, 9.17) is 5.11 Å². The average molecular weight is 314 g/mol. The van der Waals surface area contributed by atoms with Crippen molar-refractivity contribution in [2.45, 2.75) is 38.8 Å². The summed E-state index contributed by atoms with van der Waals surface area (Å²) in [6, 6.07) is 3.34. The van der Waals surface area contributed by atoms with Gasteiger partial charge in [0.2, 0.25) is 0 Å². The van der Waals surface area contributed by atoms with E-state index in [1.165, 1.54) is 6.92 Å². The predicted octanol–water partition coefficient (Wildman–Crippen LogP) is 1.97. The Bertz CT molecular complexity index is 471. The molecule has 6 nitrogen and oxygen atoms in total. The van der Waals surface area contributed by atoms with E-state index in [1.54, 1.807) is 11.3 Å². The standard InChI is InChI=1S/C14H22N2O4S/c1-9(2)12(10-5-4-6-21-10)16-13(19)15-8-14(3,20)7-11(17)18/h4-6,9,12,20H,7-8H2,1-3H3,(H,17,18)(H2,15,16,19). The molecule has 7 heteroatoms. The first-order chi connectivity index (χ1) is 9.71. The van der Waals surface area contributed by atoms with Gasteiger partial charge >= 0.3 is 12.0 Å². The van der Waals surface area contributed by atoms with Crippen molar-refractivity contribution >= 4 is 23.3 Å². The normalized spacial score (nSPS) is 15.3. The van der Waals surface area contributed by atoms with Gasteiger partial charge in [-0.3, -0.25) is 4.79 Å². The molecule has 118 valence electrons. The molecule has 21 heavy (non-hydrogen) atoms. The number of aliphatic hydroxyl groups is 1. The zero-order chi connectivity index (χ0) is 16.0. The van der Waals surface area contributed by atoms with Crippen LogP contribution in [0.2, 0.25) is 0 Å². The van der Waals surface area contributed by atoms with Gasteiger partial charge in [-0.1, -0.05) is 19.9 Å². The number of aliphatic carboxylic acids is 1. The highest BCUT2D eigenvalue weighted by atomic mass is 32.1. The Morgan fingerprint density at radius 2 is 2.10 bits per heavy atom. The number of amides is 2. The van der Waals surface area contributed by atoms with Crippen molar-refractivity contribution in [3.8, 4) is 0 Å². The molecular formula is C14H22N2O4S. The minimum atomic E-state index is -1.47. The summed E-state index contributed by atoms with van der Waals surface area (Å²) in [6.45, 7) is 5.26. The lowest BCUT2D eigenvalue weighted by Crippen LogP contribution is -2.47. The SMILES string of the molecule is CC(C)C(NC(=O)NCC(C)(O)CC(=O)O)c1cccs1. The second kappa shape index (κ2) is 7.42. The molecule has 0 saturated heterocycles. The molecule has 2 unspecified atom stereocenters. The maximum Gasteiger partial charge on any atom is 0.315 e. The molecular weight excluding hydrogens is 292 g/mol. The number of carboxylic acids is 1. The van der Waals surface area contributed by atoms with E-state index in [-0.39, 0.29) is 18.5 Å². The predicted molar refractivity (Wildman–Crippen MR) is 81.3 cm³/mol. The van der Waals surface area contributed by atoms with E-state index in [1.807, 2.05) is 31.4 Å². The van der Waals surface area contributed by atoms with Crippen molar-refractivity contribution in [2.24, 2.45) is 5.92 Å². The van der Waals surface area contributed by atoms with Crippen LogP contribution in [0, 0.1) is 5.92 Å². The Kier molecular flexibility index (Phi) is 6.17. The molecule has 0 aliphatic carbocycles. The van der Waals surface area contributed by atoms with Crippen LogP contribution in [0.3, 0.4) is 0 Å². The third-order valence-electron chi connectivity index (χ3n) is 2.96. The van der Waals surface area contributed by atoms with Crippen molar-refractivity contribution < 1.29 is 19.8 Å². The minimum absolute atomic E-state index is 0.116. The van der Waals surface area contributed by atoms with Crippen molar-refractivity contribution in [1.82, 2.24) is 10.6 Å². The lowest BCUT2D eigenvalue weighted by atomic mass is 10.0. The minimum Gasteiger partial charge on any atom is -0.481 e. The van der Waals surface area contributed by atoms with Crippen LogP contribution in [0.25, 0.3) is 0 Å². The number of hydrogen-bond acceptors (Lipinski definition) is 4. The quantitative estimate of drug-likeness (QED) is 0.618. The summed E-state index contributed by atoms with van der Waals surface area (Å²) in [7, 11) is 0. The first kappa shape index (κ1) is 17.5. The van der Waals surface area contributed by atoms with E-state index in [0.29, 0.717) is 0 Å². The lowest BCUT2D eigenvalue weighted by Gasteiger charge is -2.24. The van der Waals surface area contributed by atoms with E-state index in [0.717, 1.165) is 4.88 Å². The van der Waals surface area contributed by atoms with Gasteiger partial charge in [-0.25, -0.2) is 4.79 Å². The number of carbonyl (C=O) groups excluding carboxylic acids is 1. The Morgan fingerprint density at radius 1 is 1.43 bits per heavy atom. The Labute approximate surface area is 128 Å². The second-order valence-electron chi connectivity index (χ2n) is 5.63. The molecule has 0 fully saturated rings. The molecule has 2 atom stereocenters. The first-order valence-electron chi connectivity index (χ1n) is 6.73. The molecule has 1 heterocycles. The average Bonchev–Trinajstić information content (AvgIpc) is 2.85. The van der Waals surface area contributed by atoms with Crippen LogP contribution in [0.15, 0.2) is 17.5 Å². The maximum absolute atomic E-state index is 11.9. The zero-order valence-corrected chi connectivity index (χ0v) is 13.2. The highest BCUT2D eigenvalue weighted by Crippen LogP contribution is 2.25. The molecule has 0 bridgehead atoms. The van der Waals surface area contributed by atoms with Crippen LogP contribution < -0.4 is 10.6 Å². The summed E-state index contributed by atoms with van der Waals surface area (Å²) in [6.07, 6.45) is -0.425. The Balaban J connectivity index is 2.54. The van der Waals surface area contributed by atoms with Gasteiger partial charge in [0.15, 0.2) is 0 Å². The summed E-state index contributed by atoms with van der Waals surface area (Å²) in [5, 5.41) is 25.8. The molecule has 0 spiro atoms. The molecule has 1 rings (SSSR count). The topological polar surface area (TPSA) is 98.7 Å². The molecule has 0 aliphatic heterocycles. The van der Waals surface area contributed by atoms with E-state index >= 15 is 0 Å². The molecule has 2 amide bonds. The molecule has 0 saturated carbocycles. The molecule has 1 aromatic rings. The van der Waals surface area contributed by atoms with Crippen LogP contribution in [-0.4, -0.2) is 34.4 Å². The van der Waals surface area contributed by atoms with Gasteiger partial charge in [-0.05, 0) is 24.3 Å². The largest absolute Gasteiger partial charge is 0.481 e. The fraction of sp³-hybridized carbons (Fsp3) is 0.571. The summed E-state index contributed by atoms with van der Waals surface area (Å²) in [5.74, 6) is -0.894. The highest BCUT2D eigenvalue weighted by Gasteiger charge is 2.26. The monoisotopic (exact) mass is 314 g/mol. The number of rotatable bonds is 7. The van der Waals surface area contributed by atoms with Gasteiger partial charge in [0, 0.05) is 11.4 Å². The third-order valence-corrected chi connectivity index (χ3v) is 3.92. The summed E-state index contributed by atoms with van der Waals surface area (Å²) < 4.78 is 0. The van der Waals surface area contributed by atoms with Gasteiger partial charge in [0.25, 0.3) is 0 Å². The highest BCUT2D eigenvalue weighted by molar-refractivity contribution is 7.10. The van der Waals surface area contributed by atoms with Crippen LogP contribution in [-0.2, 0) is 4.79 Å². The molecule has 0 aliphatic rings. The van der Waals surface area contributed by atoms with Crippen molar-refractivity contribution in [1.29, 1.82) is 0 Å². The van der Waals surface area contributed by atoms with Gasteiger partial charge in [-0.15, -0.1) is 11.3 Å². The van der Waals surface area contributed by atoms with E-state index in [2.05, 4.69) is 10.6 Å². The molecule has 0 radical (unpaired) electrons. The van der Waals surface area contributed by atoms with Gasteiger partial charge in [-0.2, -0.15) is 0 Å². The molecule has 0 aromatic carbocycles. The second-order valence-corrected chi connectivity index (χ2v) is 6.61. The number of urea groups is 1. The van der Waals surface area contributed by atoms with Crippen molar-refractivity contribution in [3.63, 3.8) is 0 Å². The van der Waals surface area contributed by atoms with Gasteiger partial charge < -0.3 is 20.8 Å². The fourth-order valence-electron chi connectivity index (χ4n) is 1.89. The van der Waals surface area contributed by atoms with Crippen LogP contribution in [0.5, 0.6) is 0 Å². The van der Waals surface area contributed by atoms with Crippen LogP contribution in [0.4, 0.5) is 4.79 Å². The number of hydrogen-bond donors (Lipinski definition) is 4. The number of thiophene rings is 1. The number of carbonyl (C=O) groups is 2. The number of carboxylic acid groups (broad SMARTS) is 1. The summed E-state index contributed by atoms with van der Waals surface area (Å²) >= 11 is 1.56. The van der Waals surface area contributed by atoms with Crippen molar-refractivity contribution in [2.75, 3.05) is 6.54 Å². The maximum atomic E-state index is 11.9.